The Bertz CT molecular complexity index is 1780. The fourth-order valence-corrected chi connectivity index (χ4v) is 5.06. The number of unbranched alkanes of at least 4 members (excludes halogenated alkanes) is 7. The molecule has 0 N–H and O–H groups in total. The van der Waals surface area contributed by atoms with E-state index in [0.717, 1.165) is 40.7 Å². The van der Waals surface area contributed by atoms with E-state index in [9.17, 15) is 4.79 Å². The Balaban J connectivity index is 1.10. The van der Waals surface area contributed by atoms with Crippen LogP contribution in [0, 0.1) is 0 Å². The number of carbonyl (C=O) groups is 1. The molecule has 0 unspecified atom stereocenters. The summed E-state index contributed by atoms with van der Waals surface area (Å²) in [6, 6.07) is 35.3. The van der Waals surface area contributed by atoms with Crippen LogP contribution in [0.5, 0.6) is 11.5 Å². The molecule has 0 atom stereocenters. The number of fused-ring (bicyclic) bond motifs is 1. The predicted octanol–water partition coefficient (Wildman–Crippen LogP) is 12.6. The molecule has 0 saturated heterocycles. The van der Waals surface area contributed by atoms with E-state index < -0.39 is 5.97 Å². The van der Waals surface area contributed by atoms with Gasteiger partial charge in [0.1, 0.15) is 11.5 Å². The summed E-state index contributed by atoms with van der Waals surface area (Å²) in [7, 11) is 0. The molecule has 5 aromatic carbocycles. The van der Waals surface area contributed by atoms with E-state index in [1.54, 1.807) is 36.4 Å². The number of esters is 1. The summed E-state index contributed by atoms with van der Waals surface area (Å²) >= 11 is 0. The lowest BCUT2D eigenvalue weighted by molar-refractivity contribution is 0.0734. The van der Waals surface area contributed by atoms with E-state index in [4.69, 9.17) is 9.47 Å². The van der Waals surface area contributed by atoms with E-state index in [0.29, 0.717) is 29.3 Å². The average molecular weight is 625 g/mol. The van der Waals surface area contributed by atoms with Crippen LogP contribution >= 0.6 is 0 Å². The van der Waals surface area contributed by atoms with Crippen molar-refractivity contribution in [3.63, 3.8) is 0 Å². The zero-order chi connectivity index (χ0) is 32.5. The molecule has 5 rings (SSSR count). The smallest absolute Gasteiger partial charge is 0.343 e. The minimum Gasteiger partial charge on any atom is -0.494 e. The Labute approximate surface area is 276 Å². The highest BCUT2D eigenvalue weighted by molar-refractivity contribution is 5.99. The van der Waals surface area contributed by atoms with Gasteiger partial charge in [-0.3, -0.25) is 0 Å². The van der Waals surface area contributed by atoms with Crippen LogP contribution in [0.1, 0.15) is 61.7 Å². The van der Waals surface area contributed by atoms with E-state index in [1.807, 2.05) is 84.9 Å². The van der Waals surface area contributed by atoms with Gasteiger partial charge in [0.05, 0.1) is 34.9 Å². The van der Waals surface area contributed by atoms with Crippen molar-refractivity contribution in [2.24, 2.45) is 20.5 Å². The summed E-state index contributed by atoms with van der Waals surface area (Å²) in [6.07, 6.45) is 11.6. The Hall–Kier alpha value is -5.43. The molecular formula is C40H40N4O3. The first kappa shape index (κ1) is 32.9. The van der Waals surface area contributed by atoms with Crippen molar-refractivity contribution in [2.45, 2.75) is 51.4 Å². The lowest BCUT2D eigenvalue weighted by Crippen LogP contribution is -2.08. The number of rotatable bonds is 17. The topological polar surface area (TPSA) is 85.0 Å². The molecule has 0 fully saturated rings. The molecule has 238 valence electrons. The van der Waals surface area contributed by atoms with Crippen LogP contribution in [0.2, 0.25) is 0 Å². The Kier molecular flexibility index (Phi) is 12.5. The average Bonchev–Trinajstić information content (AvgIpc) is 3.12. The number of ether oxygens (including phenoxy) is 2. The van der Waals surface area contributed by atoms with E-state index >= 15 is 0 Å². The molecule has 7 nitrogen and oxygen atoms in total. The molecule has 0 aromatic heterocycles. The van der Waals surface area contributed by atoms with Crippen LogP contribution in [0.15, 0.2) is 148 Å². The van der Waals surface area contributed by atoms with Crippen LogP contribution in [0.25, 0.3) is 10.8 Å². The summed E-state index contributed by atoms with van der Waals surface area (Å²) in [5, 5.41) is 19.6. The Morgan fingerprint density at radius 3 is 1.70 bits per heavy atom. The van der Waals surface area contributed by atoms with Crippen molar-refractivity contribution in [3.8, 4) is 11.5 Å². The summed E-state index contributed by atoms with van der Waals surface area (Å²) in [6.45, 7) is 4.44. The number of allylic oxidation sites excluding steroid dienone is 1. The SMILES string of the molecule is C=CCCCCCCCCCOc1ccc(C(=O)Oc2ccc(N=Nc3ccc(N=Nc4ccccc4)c4ccccc34)cc2)cc1. The summed E-state index contributed by atoms with van der Waals surface area (Å²) < 4.78 is 11.4. The van der Waals surface area contributed by atoms with Crippen LogP contribution in [-0.2, 0) is 0 Å². The van der Waals surface area contributed by atoms with E-state index in [-0.39, 0.29) is 0 Å². The molecule has 0 bridgehead atoms. The third-order valence-electron chi connectivity index (χ3n) is 7.64. The highest BCUT2D eigenvalue weighted by atomic mass is 16.5. The van der Waals surface area contributed by atoms with Crippen molar-refractivity contribution in [1.29, 1.82) is 0 Å². The fraction of sp³-hybridized carbons (Fsp3) is 0.225. The second kappa shape index (κ2) is 17.9. The van der Waals surface area contributed by atoms with Crippen LogP contribution in [0.4, 0.5) is 22.7 Å². The first-order valence-corrected chi connectivity index (χ1v) is 16.3. The zero-order valence-electron chi connectivity index (χ0n) is 26.6. The summed E-state index contributed by atoms with van der Waals surface area (Å²) in [5.41, 5.74) is 3.34. The minimum absolute atomic E-state index is 0.425. The number of carbonyl (C=O) groups excluding carboxylic acids is 1. The molecular weight excluding hydrogens is 584 g/mol. The number of azo groups is 2. The number of hydrogen-bond acceptors (Lipinski definition) is 7. The lowest BCUT2D eigenvalue weighted by atomic mass is 10.1. The monoisotopic (exact) mass is 624 g/mol. The molecule has 0 saturated carbocycles. The molecule has 0 heterocycles. The van der Waals surface area contributed by atoms with Gasteiger partial charge in [0.2, 0.25) is 0 Å². The number of hydrogen-bond donors (Lipinski definition) is 0. The van der Waals surface area contributed by atoms with Crippen molar-refractivity contribution in [2.75, 3.05) is 6.61 Å². The Morgan fingerprint density at radius 2 is 1.09 bits per heavy atom. The van der Waals surface area contributed by atoms with Gasteiger partial charge in [-0.1, -0.05) is 80.6 Å². The number of benzene rings is 5. The molecule has 5 aromatic rings. The maximum atomic E-state index is 12.7. The first-order valence-electron chi connectivity index (χ1n) is 16.3. The maximum Gasteiger partial charge on any atom is 0.343 e. The highest BCUT2D eigenvalue weighted by Crippen LogP contribution is 2.35. The quantitative estimate of drug-likeness (QED) is 0.0339. The molecule has 7 heteroatoms. The van der Waals surface area contributed by atoms with Crippen molar-refractivity contribution in [3.05, 3.63) is 133 Å². The molecule has 0 amide bonds. The molecule has 0 radical (unpaired) electrons. The van der Waals surface area contributed by atoms with Gasteiger partial charge in [-0.2, -0.15) is 10.2 Å². The van der Waals surface area contributed by atoms with E-state index in [1.165, 1.54) is 38.5 Å². The van der Waals surface area contributed by atoms with Crippen LogP contribution in [-0.4, -0.2) is 12.6 Å². The maximum absolute atomic E-state index is 12.7. The summed E-state index contributed by atoms with van der Waals surface area (Å²) in [4.78, 5) is 12.7. The molecule has 47 heavy (non-hydrogen) atoms. The third kappa shape index (κ3) is 10.3. The molecule has 0 aliphatic rings. The number of nitrogens with zero attached hydrogens (tertiary/aromatic N) is 4. The zero-order valence-corrected chi connectivity index (χ0v) is 26.6. The molecule has 0 aliphatic heterocycles. The predicted molar refractivity (Wildman–Crippen MR) is 189 cm³/mol. The largest absolute Gasteiger partial charge is 0.494 e. The van der Waals surface area contributed by atoms with Gasteiger partial charge >= 0.3 is 5.97 Å². The van der Waals surface area contributed by atoms with Crippen molar-refractivity contribution < 1.29 is 14.3 Å². The van der Waals surface area contributed by atoms with Crippen molar-refractivity contribution >= 4 is 39.5 Å². The first-order chi connectivity index (χ1) is 23.2. The Morgan fingerprint density at radius 1 is 0.553 bits per heavy atom. The van der Waals surface area contributed by atoms with Crippen LogP contribution in [0.3, 0.4) is 0 Å². The second-order valence-electron chi connectivity index (χ2n) is 11.2. The second-order valence-corrected chi connectivity index (χ2v) is 11.2. The van der Waals surface area contributed by atoms with Gasteiger partial charge in [-0.05, 0) is 92.1 Å². The van der Waals surface area contributed by atoms with Gasteiger partial charge in [-0.25, -0.2) is 4.79 Å². The summed E-state index contributed by atoms with van der Waals surface area (Å²) in [5.74, 6) is 0.739. The van der Waals surface area contributed by atoms with E-state index in [2.05, 4.69) is 27.0 Å². The van der Waals surface area contributed by atoms with Gasteiger partial charge in [0, 0.05) is 10.8 Å². The van der Waals surface area contributed by atoms with Gasteiger partial charge in [0.25, 0.3) is 0 Å². The standard InChI is InChI=1S/C40H40N4O3/c1-2-3-4-5-6-7-8-9-15-30-46-34-24-20-31(21-25-34)40(45)47-35-26-22-33(23-27-35)42-44-39-29-28-38(36-18-13-14-19-37(36)39)43-41-32-16-11-10-12-17-32/h2,10-14,16-29H,1,3-9,15,30H2. The third-order valence-corrected chi connectivity index (χ3v) is 7.64. The van der Waals surface area contributed by atoms with Gasteiger partial charge in [-0.15, -0.1) is 16.8 Å². The highest BCUT2D eigenvalue weighted by Gasteiger charge is 2.10. The van der Waals surface area contributed by atoms with Crippen LogP contribution < -0.4 is 9.47 Å². The minimum atomic E-state index is -0.435. The molecule has 0 aliphatic carbocycles. The fourth-order valence-electron chi connectivity index (χ4n) is 5.06. The van der Waals surface area contributed by atoms with Gasteiger partial charge < -0.3 is 9.47 Å². The lowest BCUT2D eigenvalue weighted by Gasteiger charge is -2.08. The van der Waals surface area contributed by atoms with Gasteiger partial charge in [0.15, 0.2) is 0 Å². The normalized spacial score (nSPS) is 11.3. The van der Waals surface area contributed by atoms with Crippen molar-refractivity contribution in [1.82, 2.24) is 0 Å². The molecule has 0 spiro atoms.